The fraction of sp³-hybridized carbons (Fsp3) is 0.385. The second-order valence-electron chi connectivity index (χ2n) is 4.09. The van der Waals surface area contributed by atoms with Crippen LogP contribution in [-0.2, 0) is 4.79 Å². The summed E-state index contributed by atoms with van der Waals surface area (Å²) >= 11 is 0. The number of amides is 2. The van der Waals surface area contributed by atoms with E-state index in [-0.39, 0.29) is 17.6 Å². The van der Waals surface area contributed by atoms with Gasteiger partial charge in [-0.1, -0.05) is 0 Å². The van der Waals surface area contributed by atoms with Gasteiger partial charge in [-0.15, -0.1) is 0 Å². The molecule has 1 atom stereocenters. The number of phenols is 1. The van der Waals surface area contributed by atoms with E-state index in [2.05, 4.69) is 10.6 Å². The molecule has 5 heteroatoms. The molecule has 1 unspecified atom stereocenters. The summed E-state index contributed by atoms with van der Waals surface area (Å²) < 4.78 is 0. The van der Waals surface area contributed by atoms with Crippen LogP contribution in [0.3, 0.4) is 0 Å². The minimum Gasteiger partial charge on any atom is -0.508 e. The van der Waals surface area contributed by atoms with Crippen LogP contribution in [0.2, 0.25) is 0 Å². The third-order valence-electron chi connectivity index (χ3n) is 2.55. The van der Waals surface area contributed by atoms with Crippen molar-refractivity contribution >= 4 is 11.8 Å². The Morgan fingerprint density at radius 2 is 2.06 bits per heavy atom. The average molecular weight is 250 g/mol. The number of likely N-dealkylation sites (N-methyl/N-ethyl adjacent to an activating group) is 1. The summed E-state index contributed by atoms with van der Waals surface area (Å²) in [6.07, 6.45) is 0. The molecule has 0 saturated carbocycles. The van der Waals surface area contributed by atoms with Gasteiger partial charge >= 0.3 is 0 Å². The number of benzene rings is 1. The molecule has 0 bridgehead atoms. The van der Waals surface area contributed by atoms with Crippen LogP contribution in [0.1, 0.15) is 29.8 Å². The van der Waals surface area contributed by atoms with Gasteiger partial charge in [-0.25, -0.2) is 0 Å². The highest BCUT2D eigenvalue weighted by atomic mass is 16.3. The first-order valence-electron chi connectivity index (χ1n) is 5.84. The summed E-state index contributed by atoms with van der Waals surface area (Å²) in [6.45, 7) is 5.67. The fourth-order valence-electron chi connectivity index (χ4n) is 1.47. The van der Waals surface area contributed by atoms with Gasteiger partial charge in [-0.05, 0) is 44.5 Å². The first-order valence-corrected chi connectivity index (χ1v) is 5.84. The third-order valence-corrected chi connectivity index (χ3v) is 2.55. The molecule has 5 nitrogen and oxygen atoms in total. The van der Waals surface area contributed by atoms with Crippen molar-refractivity contribution in [1.82, 2.24) is 10.6 Å². The molecule has 0 aliphatic heterocycles. The largest absolute Gasteiger partial charge is 0.508 e. The zero-order valence-corrected chi connectivity index (χ0v) is 10.8. The molecular weight excluding hydrogens is 232 g/mol. The van der Waals surface area contributed by atoms with Crippen molar-refractivity contribution in [2.24, 2.45) is 0 Å². The average Bonchev–Trinajstić information content (AvgIpc) is 2.32. The topological polar surface area (TPSA) is 78.4 Å². The number of carbonyl (C=O) groups is 2. The van der Waals surface area contributed by atoms with E-state index >= 15 is 0 Å². The van der Waals surface area contributed by atoms with E-state index in [0.717, 1.165) is 0 Å². The summed E-state index contributed by atoms with van der Waals surface area (Å²) in [5, 5.41) is 14.6. The van der Waals surface area contributed by atoms with Crippen LogP contribution in [0.25, 0.3) is 0 Å². The minimum absolute atomic E-state index is 0.142. The molecule has 0 fully saturated rings. The number of hydrogen-bond donors (Lipinski definition) is 3. The zero-order valence-electron chi connectivity index (χ0n) is 10.8. The van der Waals surface area contributed by atoms with E-state index in [1.807, 2.05) is 6.92 Å². The summed E-state index contributed by atoms with van der Waals surface area (Å²) in [6, 6.07) is 3.96. The summed E-state index contributed by atoms with van der Waals surface area (Å²) in [5.41, 5.74) is 1.04. The SMILES string of the molecule is CCNC(=O)C(C)NC(=O)c1ccc(O)c(C)c1. The molecule has 1 aromatic rings. The maximum atomic E-state index is 11.9. The van der Waals surface area contributed by atoms with Crippen molar-refractivity contribution in [3.63, 3.8) is 0 Å². The Kier molecular flexibility index (Phi) is 4.71. The molecule has 1 aromatic carbocycles. The Balaban J connectivity index is 2.70. The van der Waals surface area contributed by atoms with Crippen molar-refractivity contribution in [3.05, 3.63) is 29.3 Å². The van der Waals surface area contributed by atoms with Gasteiger partial charge in [0.15, 0.2) is 0 Å². The van der Waals surface area contributed by atoms with Gasteiger partial charge in [0.25, 0.3) is 5.91 Å². The van der Waals surface area contributed by atoms with Gasteiger partial charge in [0.2, 0.25) is 5.91 Å². The fourth-order valence-corrected chi connectivity index (χ4v) is 1.47. The second-order valence-corrected chi connectivity index (χ2v) is 4.09. The number of carbonyl (C=O) groups excluding carboxylic acids is 2. The Morgan fingerprint density at radius 1 is 1.39 bits per heavy atom. The van der Waals surface area contributed by atoms with E-state index in [0.29, 0.717) is 17.7 Å². The molecule has 1 rings (SSSR count). The van der Waals surface area contributed by atoms with Crippen LogP contribution < -0.4 is 10.6 Å². The van der Waals surface area contributed by atoms with Gasteiger partial charge < -0.3 is 15.7 Å². The number of aryl methyl sites for hydroxylation is 1. The standard InChI is InChI=1S/C13H18N2O3/c1-4-14-12(17)9(3)15-13(18)10-5-6-11(16)8(2)7-10/h5-7,9,16H,4H2,1-3H3,(H,14,17)(H,15,18). The van der Waals surface area contributed by atoms with Gasteiger partial charge in [-0.2, -0.15) is 0 Å². The number of rotatable bonds is 4. The Hall–Kier alpha value is -2.04. The predicted octanol–water partition coefficient (Wildman–Crippen LogP) is 0.955. The number of nitrogens with one attached hydrogen (secondary N) is 2. The smallest absolute Gasteiger partial charge is 0.251 e. The maximum absolute atomic E-state index is 11.9. The maximum Gasteiger partial charge on any atom is 0.251 e. The van der Waals surface area contributed by atoms with Crippen molar-refractivity contribution in [2.75, 3.05) is 6.54 Å². The Bertz CT molecular complexity index is 458. The molecule has 98 valence electrons. The molecule has 3 N–H and O–H groups in total. The van der Waals surface area contributed by atoms with Crippen molar-refractivity contribution < 1.29 is 14.7 Å². The summed E-state index contributed by atoms with van der Waals surface area (Å²) in [4.78, 5) is 23.3. The van der Waals surface area contributed by atoms with Crippen LogP contribution in [0.15, 0.2) is 18.2 Å². The lowest BCUT2D eigenvalue weighted by Crippen LogP contribution is -2.44. The number of hydrogen-bond acceptors (Lipinski definition) is 3. The van der Waals surface area contributed by atoms with Crippen LogP contribution in [0, 0.1) is 6.92 Å². The lowest BCUT2D eigenvalue weighted by atomic mass is 10.1. The van der Waals surface area contributed by atoms with Crippen molar-refractivity contribution in [1.29, 1.82) is 0 Å². The minimum atomic E-state index is -0.591. The van der Waals surface area contributed by atoms with Gasteiger partial charge in [-0.3, -0.25) is 9.59 Å². The number of aromatic hydroxyl groups is 1. The van der Waals surface area contributed by atoms with Gasteiger partial charge in [0.05, 0.1) is 0 Å². The number of phenolic OH excluding ortho intramolecular Hbond substituents is 1. The summed E-state index contributed by atoms with van der Waals surface area (Å²) in [5.74, 6) is -0.415. The van der Waals surface area contributed by atoms with Gasteiger partial charge in [0, 0.05) is 12.1 Å². The monoisotopic (exact) mass is 250 g/mol. The van der Waals surface area contributed by atoms with E-state index < -0.39 is 6.04 Å². The normalized spacial score (nSPS) is 11.7. The molecule has 0 aromatic heterocycles. The molecule has 0 aliphatic carbocycles. The lowest BCUT2D eigenvalue weighted by Gasteiger charge is -2.13. The van der Waals surface area contributed by atoms with Crippen LogP contribution in [-0.4, -0.2) is 29.5 Å². The van der Waals surface area contributed by atoms with Crippen LogP contribution in [0.5, 0.6) is 5.75 Å². The second kappa shape index (κ2) is 6.05. The molecule has 0 radical (unpaired) electrons. The molecule has 18 heavy (non-hydrogen) atoms. The molecule has 0 aliphatic rings. The van der Waals surface area contributed by atoms with Crippen LogP contribution >= 0.6 is 0 Å². The highest BCUT2D eigenvalue weighted by Gasteiger charge is 2.16. The van der Waals surface area contributed by atoms with Gasteiger partial charge in [0.1, 0.15) is 11.8 Å². The van der Waals surface area contributed by atoms with E-state index in [1.165, 1.54) is 12.1 Å². The van der Waals surface area contributed by atoms with Crippen LogP contribution in [0.4, 0.5) is 0 Å². The molecule has 0 spiro atoms. The Morgan fingerprint density at radius 3 is 2.61 bits per heavy atom. The van der Waals surface area contributed by atoms with Crippen molar-refractivity contribution in [2.45, 2.75) is 26.8 Å². The quantitative estimate of drug-likeness (QED) is 0.744. The van der Waals surface area contributed by atoms with Crippen molar-refractivity contribution in [3.8, 4) is 5.75 Å². The van der Waals surface area contributed by atoms with E-state index in [4.69, 9.17) is 0 Å². The van der Waals surface area contributed by atoms with E-state index in [1.54, 1.807) is 19.9 Å². The molecule has 2 amide bonds. The van der Waals surface area contributed by atoms with E-state index in [9.17, 15) is 14.7 Å². The Labute approximate surface area is 106 Å². The third kappa shape index (κ3) is 3.48. The predicted molar refractivity (Wildman–Crippen MR) is 68.5 cm³/mol. The highest BCUT2D eigenvalue weighted by Crippen LogP contribution is 2.16. The molecular formula is C13H18N2O3. The molecule has 0 heterocycles. The lowest BCUT2D eigenvalue weighted by molar-refractivity contribution is -0.122. The summed E-state index contributed by atoms with van der Waals surface area (Å²) in [7, 11) is 0. The highest BCUT2D eigenvalue weighted by molar-refractivity contribution is 5.97. The first-order chi connectivity index (χ1) is 8.45. The zero-order chi connectivity index (χ0) is 13.7. The first kappa shape index (κ1) is 14.0. The molecule has 0 saturated heterocycles.